The van der Waals surface area contributed by atoms with Crippen molar-refractivity contribution in [3.63, 3.8) is 0 Å². The van der Waals surface area contributed by atoms with E-state index in [0.717, 1.165) is 5.82 Å². The molecule has 0 saturated carbocycles. The molecule has 0 aliphatic carbocycles. The second-order valence-corrected chi connectivity index (χ2v) is 4.06. The standard InChI is InChI=1S/C10H17F3N4O/c1-8(2)17-9(15-7-16-17)5-14-3-4-18-6-10(11,12)13/h7-8,14H,3-6H2,1-2H3. The lowest BCUT2D eigenvalue weighted by Gasteiger charge is -2.10. The summed E-state index contributed by atoms with van der Waals surface area (Å²) in [5.41, 5.74) is 0. The molecule has 18 heavy (non-hydrogen) atoms. The molecule has 5 nitrogen and oxygen atoms in total. The van der Waals surface area contributed by atoms with Crippen LogP contribution in [0.15, 0.2) is 6.33 Å². The van der Waals surface area contributed by atoms with Gasteiger partial charge in [0, 0.05) is 12.6 Å². The fourth-order valence-corrected chi connectivity index (χ4v) is 1.36. The number of hydrogen-bond donors (Lipinski definition) is 1. The summed E-state index contributed by atoms with van der Waals surface area (Å²) in [6.07, 6.45) is -2.81. The Morgan fingerprint density at radius 1 is 1.44 bits per heavy atom. The Balaban J connectivity index is 2.16. The summed E-state index contributed by atoms with van der Waals surface area (Å²) in [4.78, 5) is 4.06. The van der Waals surface area contributed by atoms with Crippen LogP contribution in [0.2, 0.25) is 0 Å². The van der Waals surface area contributed by atoms with Gasteiger partial charge in [0.25, 0.3) is 0 Å². The molecule has 104 valence electrons. The average molecular weight is 266 g/mol. The van der Waals surface area contributed by atoms with Gasteiger partial charge in [-0.2, -0.15) is 18.3 Å². The molecule has 0 unspecified atom stereocenters. The fourth-order valence-electron chi connectivity index (χ4n) is 1.36. The number of aromatic nitrogens is 3. The Hall–Kier alpha value is -1.15. The first-order valence-electron chi connectivity index (χ1n) is 5.64. The van der Waals surface area contributed by atoms with Crippen LogP contribution in [0.25, 0.3) is 0 Å². The van der Waals surface area contributed by atoms with Gasteiger partial charge in [-0.25, -0.2) is 9.67 Å². The van der Waals surface area contributed by atoms with Crippen LogP contribution in [-0.2, 0) is 11.3 Å². The Bertz CT molecular complexity index is 351. The molecule has 1 heterocycles. The molecule has 0 saturated heterocycles. The van der Waals surface area contributed by atoms with Gasteiger partial charge in [0.15, 0.2) is 0 Å². The van der Waals surface area contributed by atoms with Crippen molar-refractivity contribution >= 4 is 0 Å². The molecule has 0 atom stereocenters. The molecule has 0 aliphatic rings. The van der Waals surface area contributed by atoms with Gasteiger partial charge in [-0.05, 0) is 13.8 Å². The van der Waals surface area contributed by atoms with Gasteiger partial charge in [-0.15, -0.1) is 0 Å². The quantitative estimate of drug-likeness (QED) is 0.760. The zero-order valence-electron chi connectivity index (χ0n) is 10.4. The van der Waals surface area contributed by atoms with Gasteiger partial charge < -0.3 is 10.1 Å². The third-order valence-corrected chi connectivity index (χ3v) is 2.11. The lowest BCUT2D eigenvalue weighted by Crippen LogP contribution is -2.25. The van der Waals surface area contributed by atoms with Gasteiger partial charge >= 0.3 is 6.18 Å². The molecule has 0 fully saturated rings. The van der Waals surface area contributed by atoms with E-state index in [1.54, 1.807) is 4.68 Å². The maximum atomic E-state index is 11.8. The number of halogens is 3. The molecular formula is C10H17F3N4O. The smallest absolute Gasteiger partial charge is 0.371 e. The third kappa shape index (κ3) is 5.46. The molecule has 0 bridgehead atoms. The first-order valence-corrected chi connectivity index (χ1v) is 5.64. The zero-order chi connectivity index (χ0) is 13.6. The van der Waals surface area contributed by atoms with E-state index < -0.39 is 12.8 Å². The summed E-state index contributed by atoms with van der Waals surface area (Å²) < 4.78 is 41.5. The zero-order valence-corrected chi connectivity index (χ0v) is 10.4. The maximum Gasteiger partial charge on any atom is 0.411 e. The highest BCUT2D eigenvalue weighted by Gasteiger charge is 2.27. The Labute approximate surface area is 103 Å². The molecular weight excluding hydrogens is 249 g/mol. The third-order valence-electron chi connectivity index (χ3n) is 2.11. The van der Waals surface area contributed by atoms with Crippen LogP contribution in [0.5, 0.6) is 0 Å². The Morgan fingerprint density at radius 2 is 2.17 bits per heavy atom. The number of alkyl halides is 3. The molecule has 1 aromatic rings. The molecule has 0 spiro atoms. The van der Waals surface area contributed by atoms with Crippen molar-refractivity contribution in [2.24, 2.45) is 0 Å². The monoisotopic (exact) mass is 266 g/mol. The van der Waals surface area contributed by atoms with E-state index in [2.05, 4.69) is 20.1 Å². The summed E-state index contributed by atoms with van der Waals surface area (Å²) in [5.74, 6) is 0.751. The van der Waals surface area contributed by atoms with E-state index in [1.165, 1.54) is 6.33 Å². The largest absolute Gasteiger partial charge is 0.411 e. The van der Waals surface area contributed by atoms with Gasteiger partial charge in [-0.3, -0.25) is 0 Å². The number of nitrogens with one attached hydrogen (secondary N) is 1. The van der Waals surface area contributed by atoms with Gasteiger partial charge in [-0.1, -0.05) is 0 Å². The minimum atomic E-state index is -4.27. The van der Waals surface area contributed by atoms with Crippen LogP contribution in [-0.4, -0.2) is 40.7 Å². The first kappa shape index (κ1) is 14.9. The van der Waals surface area contributed by atoms with Crippen molar-refractivity contribution in [2.45, 2.75) is 32.6 Å². The maximum absolute atomic E-state index is 11.8. The van der Waals surface area contributed by atoms with Crippen molar-refractivity contribution in [2.75, 3.05) is 19.8 Å². The van der Waals surface area contributed by atoms with E-state index in [1.807, 2.05) is 13.8 Å². The average Bonchev–Trinajstić information content (AvgIpc) is 2.69. The number of rotatable bonds is 7. The molecule has 1 N–H and O–H groups in total. The predicted molar refractivity (Wildman–Crippen MR) is 59.0 cm³/mol. The highest BCUT2D eigenvalue weighted by atomic mass is 19.4. The molecule has 1 rings (SSSR count). The minimum absolute atomic E-state index is 0.00925. The number of ether oxygens (including phenoxy) is 1. The van der Waals surface area contributed by atoms with Gasteiger partial charge in [0.05, 0.1) is 13.2 Å². The highest BCUT2D eigenvalue weighted by Crippen LogP contribution is 2.13. The minimum Gasteiger partial charge on any atom is -0.371 e. The van der Waals surface area contributed by atoms with Crippen LogP contribution < -0.4 is 5.32 Å². The molecule has 0 aromatic carbocycles. The van der Waals surface area contributed by atoms with Crippen molar-refractivity contribution in [1.29, 1.82) is 0 Å². The van der Waals surface area contributed by atoms with Crippen molar-refractivity contribution in [3.8, 4) is 0 Å². The number of hydrogen-bond acceptors (Lipinski definition) is 4. The van der Waals surface area contributed by atoms with Gasteiger partial charge in [0.1, 0.15) is 18.8 Å². The van der Waals surface area contributed by atoms with E-state index in [4.69, 9.17) is 0 Å². The van der Waals surface area contributed by atoms with Crippen LogP contribution in [0.4, 0.5) is 13.2 Å². The van der Waals surface area contributed by atoms with Crippen molar-refractivity contribution in [3.05, 3.63) is 12.2 Å². The Morgan fingerprint density at radius 3 is 2.78 bits per heavy atom. The summed E-state index contributed by atoms with van der Waals surface area (Å²) >= 11 is 0. The normalized spacial score (nSPS) is 12.3. The fraction of sp³-hybridized carbons (Fsp3) is 0.800. The number of nitrogens with zero attached hydrogens (tertiary/aromatic N) is 3. The summed E-state index contributed by atoms with van der Waals surface area (Å²) in [5, 5.41) is 7.00. The molecule has 8 heteroatoms. The SMILES string of the molecule is CC(C)n1ncnc1CNCCOCC(F)(F)F. The summed E-state index contributed by atoms with van der Waals surface area (Å²) in [7, 11) is 0. The second-order valence-electron chi connectivity index (χ2n) is 4.06. The summed E-state index contributed by atoms with van der Waals surface area (Å²) in [6.45, 7) is 3.54. The molecule has 0 radical (unpaired) electrons. The Kier molecular flexibility index (Phi) is 5.54. The van der Waals surface area contributed by atoms with Crippen molar-refractivity contribution in [1.82, 2.24) is 20.1 Å². The van der Waals surface area contributed by atoms with E-state index >= 15 is 0 Å². The summed E-state index contributed by atoms with van der Waals surface area (Å²) in [6, 6.07) is 0.200. The van der Waals surface area contributed by atoms with Crippen LogP contribution >= 0.6 is 0 Å². The second kappa shape index (κ2) is 6.69. The molecule has 0 aliphatic heterocycles. The van der Waals surface area contributed by atoms with E-state index in [-0.39, 0.29) is 12.6 Å². The van der Waals surface area contributed by atoms with Crippen LogP contribution in [0.3, 0.4) is 0 Å². The van der Waals surface area contributed by atoms with Crippen LogP contribution in [0, 0.1) is 0 Å². The van der Waals surface area contributed by atoms with Gasteiger partial charge in [0.2, 0.25) is 0 Å². The molecule has 1 aromatic heterocycles. The first-order chi connectivity index (χ1) is 8.40. The van der Waals surface area contributed by atoms with E-state index in [0.29, 0.717) is 13.1 Å². The topological polar surface area (TPSA) is 52.0 Å². The lowest BCUT2D eigenvalue weighted by molar-refractivity contribution is -0.173. The van der Waals surface area contributed by atoms with Crippen molar-refractivity contribution < 1.29 is 17.9 Å². The van der Waals surface area contributed by atoms with Crippen LogP contribution in [0.1, 0.15) is 25.7 Å². The predicted octanol–water partition coefficient (Wildman–Crippen LogP) is 1.53. The van der Waals surface area contributed by atoms with E-state index in [9.17, 15) is 13.2 Å². The lowest BCUT2D eigenvalue weighted by atomic mass is 10.4. The molecule has 0 amide bonds. The highest BCUT2D eigenvalue weighted by molar-refractivity contribution is 4.85.